The number of halogens is 2. The number of ether oxygens (including phenoxy) is 5. The van der Waals surface area contributed by atoms with Gasteiger partial charge in [-0.15, -0.1) is 5.54 Å². The molecule has 2 aliphatic carbocycles. The van der Waals surface area contributed by atoms with Crippen LogP contribution < -0.4 is 29.3 Å². The third kappa shape index (κ3) is 14.0. The van der Waals surface area contributed by atoms with Crippen molar-refractivity contribution in [2.75, 3.05) is 109 Å². The zero-order chi connectivity index (χ0) is 68.0. The number of benzene rings is 3. The molecule has 7 aliphatic rings. The minimum absolute atomic E-state index is 0.0196. The summed E-state index contributed by atoms with van der Waals surface area (Å²) in [5, 5.41) is 3.79. The number of likely N-dealkylation sites (tertiary alicyclic amines) is 1. The average molecular weight is 1340 g/mol. The van der Waals surface area contributed by atoms with E-state index in [1.165, 1.54) is 50.9 Å². The third-order valence-corrected chi connectivity index (χ3v) is 28.7. The molecule has 7 fully saturated rings. The van der Waals surface area contributed by atoms with Gasteiger partial charge in [-0.05, 0) is 155 Å². The molecule has 5 aromatic rings. The molecule has 96 heavy (non-hydrogen) atoms. The van der Waals surface area contributed by atoms with Crippen molar-refractivity contribution >= 4 is 65.2 Å². The first-order chi connectivity index (χ1) is 45.9. The number of urea groups is 1. The molecule has 3 aromatic carbocycles. The van der Waals surface area contributed by atoms with Gasteiger partial charge in [0, 0.05) is 114 Å². The Balaban J connectivity index is 0.743. The maximum Gasteiger partial charge on any atom is 0.410 e. The van der Waals surface area contributed by atoms with Crippen molar-refractivity contribution in [1.29, 1.82) is 0 Å². The predicted molar refractivity (Wildman–Crippen MR) is 370 cm³/mol. The first kappa shape index (κ1) is 68.7. The summed E-state index contributed by atoms with van der Waals surface area (Å²) >= 11 is 0. The molecule has 0 radical (unpaired) electrons. The summed E-state index contributed by atoms with van der Waals surface area (Å²) in [6.07, 6.45) is 12.7. The van der Waals surface area contributed by atoms with Crippen LogP contribution in [0.25, 0.3) is 32.9 Å². The Morgan fingerprint density at radius 1 is 0.802 bits per heavy atom. The molecule has 19 nitrogen and oxygen atoms in total. The maximum atomic E-state index is 18.4. The van der Waals surface area contributed by atoms with Crippen LogP contribution in [0.4, 0.5) is 29.9 Å². The Bertz CT molecular complexity index is 3770. The average Bonchev–Trinajstić information content (AvgIpc) is 1.05. The van der Waals surface area contributed by atoms with Crippen LogP contribution in [-0.4, -0.2) is 184 Å². The molecule has 7 heterocycles. The number of hydrogen-bond acceptors (Lipinski definition) is 15. The molecule has 2 bridgehead atoms. The van der Waals surface area contributed by atoms with E-state index in [4.69, 9.17) is 38.6 Å². The standard InChI is InChI=1S/C74H98F2N10O9Si/c1-47(2)96(48(3)4,49(5)6)36-22-56-59(75)17-13-51-37-55(94-46-91-10)39-57(63(51)56)65-64(76)66-58(40-77-65)67(84-42-53-15-16-54(43-84)86(53)71(90)95-72(7,8)9)80-69(79-66)93-45-74(23-12-24-74)44-82-34-32-81(33-35-82)41-50-19-25-73(26-20-50)27-30-83(31-28-73)68(88)52-14-18-61(92-11)60(38-52)85-29-21-62(87)78-70(85)89/h13-14,17-18,37-40,47-50,53-54H,12,15-16,19-21,23-35,41-46H2,1-11H3,(H,78,87,89). The van der Waals surface area contributed by atoms with Crippen LogP contribution in [0.15, 0.2) is 48.7 Å². The number of methoxy groups -OCH3 is 2. The number of amides is 5. The summed E-state index contributed by atoms with van der Waals surface area (Å²) in [4.78, 5) is 79.9. The fraction of sp³-hybridized carbons (Fsp3) is 0.608. The number of carbonyl (C=O) groups is 4. The minimum Gasteiger partial charge on any atom is -0.495 e. The Hall–Kier alpha value is -7.19. The van der Waals surface area contributed by atoms with Gasteiger partial charge in [0.2, 0.25) is 5.91 Å². The fourth-order valence-electron chi connectivity index (χ4n) is 17.1. The number of rotatable bonds is 18. The monoisotopic (exact) mass is 1340 g/mol. The number of piperazine rings is 2. The van der Waals surface area contributed by atoms with Crippen molar-refractivity contribution in [3.8, 4) is 40.2 Å². The number of aromatic nitrogens is 3. The number of nitrogens with one attached hydrogen (secondary N) is 1. The van der Waals surface area contributed by atoms with E-state index in [-0.39, 0.29) is 83.4 Å². The van der Waals surface area contributed by atoms with Gasteiger partial charge in [-0.1, -0.05) is 60.0 Å². The highest BCUT2D eigenvalue weighted by molar-refractivity contribution is 6.90. The largest absolute Gasteiger partial charge is 0.495 e. The maximum absolute atomic E-state index is 18.4. The molecular weight excluding hydrogens is 1240 g/mol. The lowest BCUT2D eigenvalue weighted by atomic mass is 9.65. The van der Waals surface area contributed by atoms with Crippen LogP contribution in [0, 0.1) is 39.8 Å². The molecule has 2 unspecified atom stereocenters. The van der Waals surface area contributed by atoms with Crippen LogP contribution in [0.2, 0.25) is 16.6 Å². The summed E-state index contributed by atoms with van der Waals surface area (Å²) in [5.41, 5.74) is 5.48. The van der Waals surface area contributed by atoms with Crippen LogP contribution >= 0.6 is 0 Å². The van der Waals surface area contributed by atoms with Gasteiger partial charge < -0.3 is 43.3 Å². The van der Waals surface area contributed by atoms with Gasteiger partial charge >= 0.3 is 18.1 Å². The highest BCUT2D eigenvalue weighted by Crippen LogP contribution is 2.49. The number of fused-ring (bicyclic) bond motifs is 4. The van der Waals surface area contributed by atoms with Gasteiger partial charge in [-0.2, -0.15) is 9.97 Å². The zero-order valence-electron chi connectivity index (χ0n) is 58.2. The molecule has 2 atom stereocenters. The molecular formula is C74H98F2N10O9Si. The van der Waals surface area contributed by atoms with Gasteiger partial charge in [0.15, 0.2) is 12.6 Å². The van der Waals surface area contributed by atoms with Crippen molar-refractivity contribution < 1.29 is 51.6 Å². The van der Waals surface area contributed by atoms with Crippen molar-refractivity contribution in [2.24, 2.45) is 16.7 Å². The van der Waals surface area contributed by atoms with Gasteiger partial charge in [0.1, 0.15) is 48.0 Å². The second kappa shape index (κ2) is 28.0. The van der Waals surface area contributed by atoms with Gasteiger partial charge in [0.05, 0.1) is 42.4 Å². The molecule has 2 saturated carbocycles. The smallest absolute Gasteiger partial charge is 0.410 e. The summed E-state index contributed by atoms with van der Waals surface area (Å²) in [5.74, 6) is 3.76. The molecule has 12 rings (SSSR count). The van der Waals surface area contributed by atoms with Crippen LogP contribution in [0.1, 0.15) is 155 Å². The van der Waals surface area contributed by atoms with Gasteiger partial charge in [-0.3, -0.25) is 29.7 Å². The summed E-state index contributed by atoms with van der Waals surface area (Å²) in [6, 6.07) is 11.0. The number of hydrogen-bond donors (Lipinski definition) is 1. The Morgan fingerprint density at radius 3 is 2.11 bits per heavy atom. The lowest BCUT2D eigenvalue weighted by molar-refractivity contribution is -0.120. The van der Waals surface area contributed by atoms with E-state index in [0.717, 1.165) is 84.2 Å². The Morgan fingerprint density at radius 2 is 1.49 bits per heavy atom. The lowest BCUT2D eigenvalue weighted by Gasteiger charge is -2.48. The molecule has 516 valence electrons. The second-order valence-electron chi connectivity index (χ2n) is 30.5. The van der Waals surface area contributed by atoms with Crippen molar-refractivity contribution in [3.63, 3.8) is 0 Å². The number of imide groups is 1. The topological polar surface area (TPSA) is 185 Å². The molecule has 5 saturated heterocycles. The number of nitrogens with zero attached hydrogens (tertiary/aromatic N) is 9. The minimum atomic E-state index is -2.36. The fourth-order valence-corrected chi connectivity index (χ4v) is 22.3. The number of anilines is 2. The van der Waals surface area contributed by atoms with Gasteiger partial charge in [-0.25, -0.2) is 18.4 Å². The quantitative estimate of drug-likeness (QED) is 0.0496. The first-order valence-electron chi connectivity index (χ1n) is 35.1. The summed E-state index contributed by atoms with van der Waals surface area (Å²) in [7, 11) is 0.694. The van der Waals surface area contributed by atoms with E-state index in [9.17, 15) is 19.2 Å². The summed E-state index contributed by atoms with van der Waals surface area (Å²) in [6.45, 7) is 27.6. The highest BCUT2D eigenvalue weighted by atomic mass is 28.3. The van der Waals surface area contributed by atoms with E-state index in [1.807, 2.05) is 30.6 Å². The zero-order valence-corrected chi connectivity index (χ0v) is 59.2. The first-order valence-corrected chi connectivity index (χ1v) is 37.3. The van der Waals surface area contributed by atoms with Crippen LogP contribution in [-0.2, 0) is 14.3 Å². The van der Waals surface area contributed by atoms with Crippen LogP contribution in [0.3, 0.4) is 0 Å². The van der Waals surface area contributed by atoms with Crippen molar-refractivity contribution in [3.05, 3.63) is 71.4 Å². The Kier molecular flexibility index (Phi) is 20.0. The van der Waals surface area contributed by atoms with E-state index in [2.05, 4.69) is 73.0 Å². The van der Waals surface area contributed by atoms with E-state index >= 15 is 8.78 Å². The van der Waals surface area contributed by atoms with E-state index in [1.54, 1.807) is 42.6 Å². The van der Waals surface area contributed by atoms with Crippen LogP contribution in [0.5, 0.6) is 17.5 Å². The second-order valence-corrected chi connectivity index (χ2v) is 36.1. The van der Waals surface area contributed by atoms with Gasteiger partial charge in [0.25, 0.3) is 5.91 Å². The molecule has 22 heteroatoms. The van der Waals surface area contributed by atoms with Crippen molar-refractivity contribution in [1.82, 2.24) is 39.9 Å². The van der Waals surface area contributed by atoms with Crippen molar-refractivity contribution in [2.45, 2.75) is 174 Å². The Labute approximate surface area is 565 Å². The normalized spacial score (nSPS) is 21.1. The number of pyridine rings is 1. The van der Waals surface area contributed by atoms with E-state index < -0.39 is 31.3 Å². The predicted octanol–water partition coefficient (Wildman–Crippen LogP) is 13.0. The SMILES string of the molecule is COCOc1cc(-c2ncc3c(N4CC5CCC(C4)N5C(=O)OC(C)(C)C)nc(OCC4(CN5CCN(CC6CCC7(CC6)CCN(C(=O)c6ccc(OC)c(N8CCC(=O)NC8=O)c6)CC7)CC5)CCC4)nc3c2F)c2c(C#C[Si](C(C)C)(C(C)C)C(C)C)c(F)ccc2c1. The molecule has 1 spiro atoms. The summed E-state index contributed by atoms with van der Waals surface area (Å²) < 4.78 is 64.7. The molecule has 1 N–H and O–H groups in total. The molecule has 2 aromatic heterocycles. The lowest BCUT2D eigenvalue weighted by Crippen LogP contribution is -2.57. The highest BCUT2D eigenvalue weighted by Gasteiger charge is 2.47. The third-order valence-electron chi connectivity index (χ3n) is 22.4. The molecule has 5 aliphatic heterocycles. The van der Waals surface area contributed by atoms with E-state index in [0.29, 0.717) is 106 Å². The number of piperidine rings is 1. The molecule has 5 amide bonds. The number of carbonyl (C=O) groups excluding carboxylic acids is 4.